The maximum atomic E-state index is 9.39. The molecule has 3 nitrogen and oxygen atoms in total. The number of rotatable bonds is 4. The number of aliphatic hydroxyl groups is 1. The molecule has 0 aliphatic rings. The summed E-state index contributed by atoms with van der Waals surface area (Å²) in [5.41, 5.74) is 2.01. The predicted octanol–water partition coefficient (Wildman–Crippen LogP) is 3.49. The second-order valence-corrected chi connectivity index (χ2v) is 4.21. The van der Waals surface area contributed by atoms with Crippen LogP contribution in [0.15, 0.2) is 42.6 Å². The Bertz CT molecular complexity index is 506. The summed E-state index contributed by atoms with van der Waals surface area (Å²) >= 11 is 0. The molecule has 0 aliphatic heterocycles. The molecule has 0 amide bonds. The van der Waals surface area contributed by atoms with Gasteiger partial charge in [0.2, 0.25) is 5.88 Å². The van der Waals surface area contributed by atoms with Crippen LogP contribution in [0, 0.1) is 0 Å². The Balaban J connectivity index is 2.13. The standard InChI is InChI=1S/C15H17NO2/c1-3-12-5-4-6-14(9-12)18-15-8-7-13(10-16-15)11(2)17/h4-11,17H,3H2,1-2H3/t11-/m1/s1. The number of hydrogen-bond donors (Lipinski definition) is 1. The molecular weight excluding hydrogens is 226 g/mol. The topological polar surface area (TPSA) is 42.4 Å². The van der Waals surface area contributed by atoms with Gasteiger partial charge < -0.3 is 9.84 Å². The minimum atomic E-state index is -0.505. The van der Waals surface area contributed by atoms with Gasteiger partial charge in [0, 0.05) is 12.3 Å². The SMILES string of the molecule is CCc1cccc(Oc2ccc([C@@H](C)O)cn2)c1. The molecule has 1 N–H and O–H groups in total. The zero-order valence-corrected chi connectivity index (χ0v) is 10.6. The van der Waals surface area contributed by atoms with Gasteiger partial charge in [-0.25, -0.2) is 4.98 Å². The highest BCUT2D eigenvalue weighted by molar-refractivity contribution is 5.32. The van der Waals surface area contributed by atoms with E-state index in [1.165, 1.54) is 5.56 Å². The van der Waals surface area contributed by atoms with E-state index in [4.69, 9.17) is 4.74 Å². The van der Waals surface area contributed by atoms with Gasteiger partial charge in [-0.15, -0.1) is 0 Å². The minimum absolute atomic E-state index is 0.505. The number of hydrogen-bond acceptors (Lipinski definition) is 3. The number of ether oxygens (including phenoxy) is 1. The quantitative estimate of drug-likeness (QED) is 0.893. The van der Waals surface area contributed by atoms with Crippen LogP contribution >= 0.6 is 0 Å². The summed E-state index contributed by atoms with van der Waals surface area (Å²) in [6.45, 7) is 3.82. The van der Waals surface area contributed by atoms with E-state index in [1.807, 2.05) is 24.3 Å². The van der Waals surface area contributed by atoms with Crippen molar-refractivity contribution in [2.24, 2.45) is 0 Å². The third kappa shape index (κ3) is 3.08. The monoisotopic (exact) mass is 243 g/mol. The molecule has 0 unspecified atom stereocenters. The van der Waals surface area contributed by atoms with Crippen LogP contribution in [0.2, 0.25) is 0 Å². The summed E-state index contributed by atoms with van der Waals surface area (Å²) in [7, 11) is 0. The summed E-state index contributed by atoms with van der Waals surface area (Å²) in [6.07, 6.45) is 2.10. The summed E-state index contributed by atoms with van der Waals surface area (Å²) in [5.74, 6) is 1.32. The average Bonchev–Trinajstić information content (AvgIpc) is 2.39. The summed E-state index contributed by atoms with van der Waals surface area (Å²) < 4.78 is 5.66. The highest BCUT2D eigenvalue weighted by Gasteiger charge is 2.03. The molecule has 3 heteroatoms. The van der Waals surface area contributed by atoms with Crippen LogP contribution in [0.1, 0.15) is 31.1 Å². The number of aromatic nitrogens is 1. The molecule has 0 radical (unpaired) electrons. The van der Waals surface area contributed by atoms with Crippen LogP contribution in [0.25, 0.3) is 0 Å². The first-order valence-electron chi connectivity index (χ1n) is 6.10. The summed E-state index contributed by atoms with van der Waals surface area (Å²) in [6, 6.07) is 11.5. The molecule has 1 heterocycles. The minimum Gasteiger partial charge on any atom is -0.439 e. The van der Waals surface area contributed by atoms with Crippen molar-refractivity contribution in [3.05, 3.63) is 53.7 Å². The Morgan fingerprint density at radius 2 is 2.11 bits per heavy atom. The molecule has 0 spiro atoms. The molecule has 0 fully saturated rings. The van der Waals surface area contributed by atoms with Crippen LogP contribution < -0.4 is 4.74 Å². The Morgan fingerprint density at radius 3 is 2.72 bits per heavy atom. The molecule has 0 bridgehead atoms. The molecule has 0 saturated carbocycles. The highest BCUT2D eigenvalue weighted by Crippen LogP contribution is 2.21. The first-order valence-corrected chi connectivity index (χ1v) is 6.10. The highest BCUT2D eigenvalue weighted by atomic mass is 16.5. The van der Waals surface area contributed by atoms with Crippen LogP contribution in [-0.2, 0) is 6.42 Å². The molecule has 1 aromatic carbocycles. The van der Waals surface area contributed by atoms with Crippen LogP contribution in [-0.4, -0.2) is 10.1 Å². The molecular formula is C15H17NO2. The van der Waals surface area contributed by atoms with Gasteiger partial charge in [0.1, 0.15) is 5.75 Å². The Hall–Kier alpha value is -1.87. The van der Waals surface area contributed by atoms with Crippen molar-refractivity contribution < 1.29 is 9.84 Å². The fourth-order valence-electron chi connectivity index (χ4n) is 1.65. The lowest BCUT2D eigenvalue weighted by molar-refractivity contribution is 0.198. The molecule has 0 aliphatic carbocycles. The molecule has 1 aromatic heterocycles. The van der Waals surface area contributed by atoms with E-state index in [9.17, 15) is 5.11 Å². The van der Waals surface area contributed by atoms with Gasteiger partial charge in [-0.2, -0.15) is 0 Å². The third-order valence-electron chi connectivity index (χ3n) is 2.77. The molecule has 2 rings (SSSR count). The van der Waals surface area contributed by atoms with Gasteiger partial charge >= 0.3 is 0 Å². The lowest BCUT2D eigenvalue weighted by Gasteiger charge is -2.08. The van der Waals surface area contributed by atoms with E-state index < -0.39 is 6.10 Å². The number of pyridine rings is 1. The fourth-order valence-corrected chi connectivity index (χ4v) is 1.65. The van der Waals surface area contributed by atoms with E-state index in [0.717, 1.165) is 17.7 Å². The lowest BCUT2D eigenvalue weighted by Crippen LogP contribution is -1.94. The Kier molecular flexibility index (Phi) is 3.95. The molecule has 1 atom stereocenters. The average molecular weight is 243 g/mol. The molecule has 94 valence electrons. The van der Waals surface area contributed by atoms with Crippen LogP contribution in [0.4, 0.5) is 0 Å². The van der Waals surface area contributed by atoms with Gasteiger partial charge in [-0.3, -0.25) is 0 Å². The third-order valence-corrected chi connectivity index (χ3v) is 2.77. The largest absolute Gasteiger partial charge is 0.439 e. The number of aliphatic hydroxyl groups excluding tert-OH is 1. The van der Waals surface area contributed by atoms with E-state index >= 15 is 0 Å². The van der Waals surface area contributed by atoms with Crippen molar-refractivity contribution in [2.75, 3.05) is 0 Å². The predicted molar refractivity (Wildman–Crippen MR) is 70.8 cm³/mol. The van der Waals surface area contributed by atoms with Gasteiger partial charge in [0.05, 0.1) is 6.10 Å². The van der Waals surface area contributed by atoms with E-state index in [0.29, 0.717) is 5.88 Å². The summed E-state index contributed by atoms with van der Waals surface area (Å²) in [5, 5.41) is 9.39. The van der Waals surface area contributed by atoms with Gasteiger partial charge in [0.25, 0.3) is 0 Å². The van der Waals surface area contributed by atoms with E-state index in [2.05, 4.69) is 18.0 Å². The maximum absolute atomic E-state index is 9.39. The van der Waals surface area contributed by atoms with Crippen LogP contribution in [0.3, 0.4) is 0 Å². The fraction of sp³-hybridized carbons (Fsp3) is 0.267. The van der Waals surface area contributed by atoms with Crippen molar-refractivity contribution in [3.63, 3.8) is 0 Å². The molecule has 0 saturated heterocycles. The van der Waals surface area contributed by atoms with Crippen LogP contribution in [0.5, 0.6) is 11.6 Å². The molecule has 18 heavy (non-hydrogen) atoms. The normalized spacial score (nSPS) is 12.2. The zero-order chi connectivity index (χ0) is 13.0. The van der Waals surface area contributed by atoms with Gasteiger partial charge in [-0.05, 0) is 42.7 Å². The van der Waals surface area contributed by atoms with Crippen molar-refractivity contribution in [2.45, 2.75) is 26.4 Å². The van der Waals surface area contributed by atoms with Crippen molar-refractivity contribution in [3.8, 4) is 11.6 Å². The summed E-state index contributed by atoms with van der Waals surface area (Å²) in [4.78, 5) is 4.17. The van der Waals surface area contributed by atoms with Gasteiger partial charge in [0.15, 0.2) is 0 Å². The smallest absolute Gasteiger partial charge is 0.219 e. The van der Waals surface area contributed by atoms with E-state index in [1.54, 1.807) is 19.2 Å². The number of aryl methyl sites for hydroxylation is 1. The zero-order valence-electron chi connectivity index (χ0n) is 10.6. The van der Waals surface area contributed by atoms with Crippen molar-refractivity contribution in [1.29, 1.82) is 0 Å². The second-order valence-electron chi connectivity index (χ2n) is 4.21. The van der Waals surface area contributed by atoms with Gasteiger partial charge in [-0.1, -0.05) is 19.1 Å². The first kappa shape index (κ1) is 12.6. The van der Waals surface area contributed by atoms with Crippen molar-refractivity contribution >= 4 is 0 Å². The number of nitrogens with zero attached hydrogens (tertiary/aromatic N) is 1. The van der Waals surface area contributed by atoms with Crippen molar-refractivity contribution in [1.82, 2.24) is 4.98 Å². The first-order chi connectivity index (χ1) is 8.69. The van der Waals surface area contributed by atoms with E-state index in [-0.39, 0.29) is 0 Å². The Morgan fingerprint density at radius 1 is 1.28 bits per heavy atom. The Labute approximate surface area is 107 Å². The lowest BCUT2D eigenvalue weighted by atomic mass is 10.2. The second kappa shape index (κ2) is 5.65. The molecule has 2 aromatic rings. The number of benzene rings is 1. The maximum Gasteiger partial charge on any atom is 0.219 e.